The first-order chi connectivity index (χ1) is 14.2. The Morgan fingerprint density at radius 3 is 2.90 bits per heavy atom. The van der Waals surface area contributed by atoms with E-state index in [0.717, 1.165) is 53.4 Å². The SMILES string of the molecule is COc1ccc(OC)c(CNC(=O)C2CCCN(c3nc4ccccc4[nH]3)C2)c1. The Hall–Kier alpha value is -3.22. The maximum atomic E-state index is 12.8. The van der Waals surface area contributed by atoms with Crippen LogP contribution in [0.3, 0.4) is 0 Å². The molecule has 1 atom stereocenters. The van der Waals surface area contributed by atoms with Gasteiger partial charge in [-0.05, 0) is 43.2 Å². The number of imidazole rings is 1. The fourth-order valence-corrected chi connectivity index (χ4v) is 3.82. The first-order valence-electron chi connectivity index (χ1n) is 9.86. The van der Waals surface area contributed by atoms with Crippen molar-refractivity contribution in [3.8, 4) is 11.5 Å². The highest BCUT2D eigenvalue weighted by atomic mass is 16.5. The molecule has 1 aliphatic heterocycles. The third-order valence-corrected chi connectivity index (χ3v) is 5.41. The van der Waals surface area contributed by atoms with E-state index < -0.39 is 0 Å². The zero-order valence-corrected chi connectivity index (χ0v) is 16.8. The second-order valence-electron chi connectivity index (χ2n) is 7.26. The number of ether oxygens (including phenoxy) is 2. The second kappa shape index (κ2) is 8.43. The molecule has 0 bridgehead atoms. The number of H-pyrrole nitrogens is 1. The van der Waals surface area contributed by atoms with Crippen molar-refractivity contribution in [1.29, 1.82) is 0 Å². The number of aromatic nitrogens is 2. The van der Waals surface area contributed by atoms with Crippen LogP contribution in [0.25, 0.3) is 11.0 Å². The Morgan fingerprint density at radius 1 is 1.24 bits per heavy atom. The first kappa shape index (κ1) is 19.1. The van der Waals surface area contributed by atoms with Gasteiger partial charge in [-0.3, -0.25) is 4.79 Å². The second-order valence-corrected chi connectivity index (χ2v) is 7.26. The maximum absolute atomic E-state index is 12.8. The molecular weight excluding hydrogens is 368 g/mol. The average Bonchev–Trinajstić information content (AvgIpc) is 3.21. The molecule has 152 valence electrons. The Balaban J connectivity index is 1.41. The molecule has 0 aliphatic carbocycles. The number of para-hydroxylation sites is 2. The van der Waals surface area contributed by atoms with Crippen LogP contribution in [0, 0.1) is 5.92 Å². The smallest absolute Gasteiger partial charge is 0.225 e. The molecule has 1 aromatic heterocycles. The number of anilines is 1. The molecule has 4 rings (SSSR count). The van der Waals surface area contributed by atoms with Gasteiger partial charge in [0.2, 0.25) is 11.9 Å². The topological polar surface area (TPSA) is 79.5 Å². The molecule has 2 aromatic carbocycles. The van der Waals surface area contributed by atoms with Crippen molar-refractivity contribution in [3.63, 3.8) is 0 Å². The molecule has 29 heavy (non-hydrogen) atoms. The average molecular weight is 394 g/mol. The van der Waals surface area contributed by atoms with Gasteiger partial charge < -0.3 is 24.7 Å². The normalized spacial score (nSPS) is 16.6. The van der Waals surface area contributed by atoms with Crippen molar-refractivity contribution in [2.45, 2.75) is 19.4 Å². The van der Waals surface area contributed by atoms with Crippen molar-refractivity contribution < 1.29 is 14.3 Å². The first-order valence-corrected chi connectivity index (χ1v) is 9.86. The number of hydrogen-bond acceptors (Lipinski definition) is 5. The quantitative estimate of drug-likeness (QED) is 0.672. The lowest BCUT2D eigenvalue weighted by Gasteiger charge is -2.31. The predicted octanol–water partition coefficient (Wildman–Crippen LogP) is 3.11. The minimum absolute atomic E-state index is 0.0516. The van der Waals surface area contributed by atoms with Crippen molar-refractivity contribution in [3.05, 3.63) is 48.0 Å². The summed E-state index contributed by atoms with van der Waals surface area (Å²) in [6.07, 6.45) is 1.83. The van der Waals surface area contributed by atoms with Crippen LogP contribution in [-0.4, -0.2) is 43.2 Å². The van der Waals surface area contributed by atoms with Gasteiger partial charge in [0.05, 0.1) is 31.2 Å². The lowest BCUT2D eigenvalue weighted by Crippen LogP contribution is -2.43. The van der Waals surface area contributed by atoms with Crippen LogP contribution < -0.4 is 19.7 Å². The van der Waals surface area contributed by atoms with Crippen molar-refractivity contribution in [2.24, 2.45) is 5.92 Å². The summed E-state index contributed by atoms with van der Waals surface area (Å²) >= 11 is 0. The molecule has 7 heteroatoms. The van der Waals surface area contributed by atoms with Gasteiger partial charge in [-0.2, -0.15) is 0 Å². The van der Waals surface area contributed by atoms with E-state index in [1.165, 1.54) is 0 Å². The van der Waals surface area contributed by atoms with Gasteiger partial charge in [0.15, 0.2) is 0 Å². The summed E-state index contributed by atoms with van der Waals surface area (Å²) in [7, 11) is 3.25. The number of rotatable bonds is 6. The maximum Gasteiger partial charge on any atom is 0.225 e. The number of amides is 1. The Morgan fingerprint density at radius 2 is 2.10 bits per heavy atom. The molecule has 1 amide bonds. The third kappa shape index (κ3) is 4.13. The molecule has 1 aliphatic rings. The van der Waals surface area contributed by atoms with E-state index in [-0.39, 0.29) is 11.8 Å². The summed E-state index contributed by atoms with van der Waals surface area (Å²) in [6, 6.07) is 13.6. The molecular formula is C22H26N4O3. The van der Waals surface area contributed by atoms with Gasteiger partial charge in [-0.1, -0.05) is 12.1 Å². The van der Waals surface area contributed by atoms with Crippen LogP contribution in [0.15, 0.2) is 42.5 Å². The van der Waals surface area contributed by atoms with Crippen molar-refractivity contribution in [2.75, 3.05) is 32.2 Å². The van der Waals surface area contributed by atoms with Crippen LogP contribution in [-0.2, 0) is 11.3 Å². The van der Waals surface area contributed by atoms with E-state index in [4.69, 9.17) is 9.47 Å². The molecule has 2 N–H and O–H groups in total. The minimum atomic E-state index is -0.0754. The highest BCUT2D eigenvalue weighted by Gasteiger charge is 2.27. The van der Waals surface area contributed by atoms with E-state index in [1.54, 1.807) is 14.2 Å². The molecule has 1 fully saturated rings. The number of nitrogens with one attached hydrogen (secondary N) is 2. The highest BCUT2D eigenvalue weighted by molar-refractivity contribution is 5.80. The monoisotopic (exact) mass is 394 g/mol. The summed E-state index contributed by atoms with van der Waals surface area (Å²) in [4.78, 5) is 23.0. The number of carbonyl (C=O) groups excluding carboxylic acids is 1. The summed E-state index contributed by atoms with van der Waals surface area (Å²) in [5, 5.41) is 3.06. The van der Waals surface area contributed by atoms with E-state index in [9.17, 15) is 4.79 Å². The molecule has 0 saturated carbocycles. The minimum Gasteiger partial charge on any atom is -0.497 e. The molecule has 0 spiro atoms. The summed E-state index contributed by atoms with van der Waals surface area (Å²) in [6.45, 7) is 1.95. The Labute approximate surface area is 170 Å². The number of hydrogen-bond donors (Lipinski definition) is 2. The molecule has 1 saturated heterocycles. The number of fused-ring (bicyclic) bond motifs is 1. The molecule has 3 aromatic rings. The van der Waals surface area contributed by atoms with Gasteiger partial charge in [-0.25, -0.2) is 4.98 Å². The van der Waals surface area contributed by atoms with Gasteiger partial charge in [0.25, 0.3) is 0 Å². The van der Waals surface area contributed by atoms with Gasteiger partial charge in [0, 0.05) is 25.2 Å². The van der Waals surface area contributed by atoms with Crippen molar-refractivity contribution in [1.82, 2.24) is 15.3 Å². The fraction of sp³-hybridized carbons (Fsp3) is 0.364. The van der Waals surface area contributed by atoms with Crippen LogP contribution in [0.2, 0.25) is 0 Å². The van der Waals surface area contributed by atoms with E-state index >= 15 is 0 Å². The number of carbonyl (C=O) groups is 1. The predicted molar refractivity (Wildman–Crippen MR) is 112 cm³/mol. The summed E-state index contributed by atoms with van der Waals surface area (Å²) < 4.78 is 10.7. The number of methoxy groups -OCH3 is 2. The molecule has 2 heterocycles. The molecule has 7 nitrogen and oxygen atoms in total. The third-order valence-electron chi connectivity index (χ3n) is 5.41. The Kier molecular flexibility index (Phi) is 5.55. The fourth-order valence-electron chi connectivity index (χ4n) is 3.82. The van der Waals surface area contributed by atoms with Gasteiger partial charge in [0.1, 0.15) is 11.5 Å². The summed E-state index contributed by atoms with van der Waals surface area (Å²) in [5.74, 6) is 2.28. The number of nitrogens with zero attached hydrogens (tertiary/aromatic N) is 2. The van der Waals surface area contributed by atoms with E-state index in [1.807, 2.05) is 42.5 Å². The highest BCUT2D eigenvalue weighted by Crippen LogP contribution is 2.25. The lowest BCUT2D eigenvalue weighted by atomic mass is 9.97. The van der Waals surface area contributed by atoms with Crippen LogP contribution in [0.1, 0.15) is 18.4 Å². The Bertz CT molecular complexity index is 968. The molecule has 0 radical (unpaired) electrons. The number of benzene rings is 2. The van der Waals surface area contributed by atoms with E-state index in [0.29, 0.717) is 13.1 Å². The number of aromatic amines is 1. The van der Waals surface area contributed by atoms with Gasteiger partial charge in [-0.15, -0.1) is 0 Å². The van der Waals surface area contributed by atoms with Crippen molar-refractivity contribution >= 4 is 22.9 Å². The largest absolute Gasteiger partial charge is 0.497 e. The zero-order valence-electron chi connectivity index (χ0n) is 16.8. The lowest BCUT2D eigenvalue weighted by molar-refractivity contribution is -0.125. The van der Waals surface area contributed by atoms with E-state index in [2.05, 4.69) is 20.2 Å². The number of piperidine rings is 1. The van der Waals surface area contributed by atoms with Crippen LogP contribution >= 0.6 is 0 Å². The zero-order chi connectivity index (χ0) is 20.2. The van der Waals surface area contributed by atoms with Crippen LogP contribution in [0.4, 0.5) is 5.95 Å². The van der Waals surface area contributed by atoms with Gasteiger partial charge >= 0.3 is 0 Å². The standard InChI is InChI=1S/C22H26N4O3/c1-28-17-9-10-20(29-2)16(12-17)13-23-21(27)15-6-5-11-26(14-15)22-24-18-7-3-4-8-19(18)25-22/h3-4,7-10,12,15H,5-6,11,13-14H2,1-2H3,(H,23,27)(H,24,25). The molecule has 1 unspecified atom stereocenters. The summed E-state index contributed by atoms with van der Waals surface area (Å²) in [5.41, 5.74) is 2.85. The van der Waals surface area contributed by atoms with Crippen LogP contribution in [0.5, 0.6) is 11.5 Å².